The molecule has 1 unspecified atom stereocenters. The molecule has 4 heteroatoms. The van der Waals surface area contributed by atoms with Gasteiger partial charge in [-0.25, -0.2) is 0 Å². The fourth-order valence-corrected chi connectivity index (χ4v) is 2.49. The van der Waals surface area contributed by atoms with E-state index < -0.39 is 0 Å². The van der Waals surface area contributed by atoms with Crippen LogP contribution in [-0.2, 0) is 4.74 Å². The van der Waals surface area contributed by atoms with Crippen LogP contribution in [0.4, 0.5) is 0 Å². The van der Waals surface area contributed by atoms with E-state index >= 15 is 0 Å². The summed E-state index contributed by atoms with van der Waals surface area (Å²) in [6.45, 7) is 3.26. The third kappa shape index (κ3) is 5.28. The van der Waals surface area contributed by atoms with Gasteiger partial charge in [0.1, 0.15) is 0 Å². The van der Waals surface area contributed by atoms with Crippen molar-refractivity contribution in [1.29, 1.82) is 0 Å². The first-order chi connectivity index (χ1) is 10.7. The fourth-order valence-electron chi connectivity index (χ4n) is 2.09. The molecule has 3 nitrogen and oxygen atoms in total. The molecule has 0 saturated carbocycles. The maximum absolute atomic E-state index is 11.9. The lowest BCUT2D eigenvalue weighted by atomic mass is 10.1. The van der Waals surface area contributed by atoms with Crippen LogP contribution in [0.2, 0.25) is 0 Å². The van der Waals surface area contributed by atoms with Crippen LogP contribution in [-0.4, -0.2) is 19.1 Å². The molecule has 1 amide bonds. The van der Waals surface area contributed by atoms with Crippen molar-refractivity contribution in [3.8, 4) is 0 Å². The molecule has 0 bridgehead atoms. The van der Waals surface area contributed by atoms with E-state index in [1.165, 1.54) is 5.56 Å². The highest BCUT2D eigenvalue weighted by Crippen LogP contribution is 2.15. The highest BCUT2D eigenvalue weighted by molar-refractivity contribution is 9.10. The van der Waals surface area contributed by atoms with Gasteiger partial charge in [0.25, 0.3) is 5.91 Å². The van der Waals surface area contributed by atoms with Gasteiger partial charge in [-0.15, -0.1) is 0 Å². The number of amides is 1. The number of hydrogen-bond acceptors (Lipinski definition) is 2. The van der Waals surface area contributed by atoms with Crippen LogP contribution in [0.15, 0.2) is 59.1 Å². The zero-order valence-corrected chi connectivity index (χ0v) is 14.2. The van der Waals surface area contributed by atoms with E-state index in [4.69, 9.17) is 4.74 Å². The van der Waals surface area contributed by atoms with Gasteiger partial charge in [-0.1, -0.05) is 52.3 Å². The van der Waals surface area contributed by atoms with Gasteiger partial charge in [-0.05, 0) is 37.1 Å². The van der Waals surface area contributed by atoms with E-state index in [1.807, 2.05) is 43.3 Å². The maximum Gasteiger partial charge on any atom is 0.251 e. The van der Waals surface area contributed by atoms with E-state index in [-0.39, 0.29) is 12.0 Å². The number of benzene rings is 2. The van der Waals surface area contributed by atoms with Crippen LogP contribution in [0.5, 0.6) is 0 Å². The van der Waals surface area contributed by atoms with Crippen molar-refractivity contribution < 1.29 is 9.53 Å². The predicted molar refractivity (Wildman–Crippen MR) is 91.9 cm³/mol. The largest absolute Gasteiger partial charge is 0.374 e. The molecular formula is C18H20BrNO2. The average molecular weight is 362 g/mol. The number of hydrogen-bond donors (Lipinski definition) is 1. The van der Waals surface area contributed by atoms with Crippen LogP contribution in [0.3, 0.4) is 0 Å². The Morgan fingerprint density at radius 2 is 1.95 bits per heavy atom. The van der Waals surface area contributed by atoms with Crippen molar-refractivity contribution >= 4 is 21.8 Å². The van der Waals surface area contributed by atoms with E-state index in [9.17, 15) is 4.79 Å². The predicted octanol–water partition coefficient (Wildman–Crippen LogP) is 4.35. The Morgan fingerprint density at radius 3 is 2.68 bits per heavy atom. The van der Waals surface area contributed by atoms with Gasteiger partial charge in [0.05, 0.1) is 6.10 Å². The third-order valence-electron chi connectivity index (χ3n) is 3.33. The zero-order valence-electron chi connectivity index (χ0n) is 12.6. The first kappa shape index (κ1) is 16.7. The summed E-state index contributed by atoms with van der Waals surface area (Å²) in [6, 6.07) is 17.5. The second kappa shape index (κ2) is 8.71. The molecule has 0 aliphatic heterocycles. The van der Waals surface area contributed by atoms with Crippen LogP contribution >= 0.6 is 15.9 Å². The molecule has 2 rings (SSSR count). The van der Waals surface area contributed by atoms with E-state index in [1.54, 1.807) is 6.07 Å². The lowest BCUT2D eigenvalue weighted by Crippen LogP contribution is -2.25. The Bertz CT molecular complexity index is 601. The highest BCUT2D eigenvalue weighted by atomic mass is 79.9. The molecule has 0 saturated heterocycles. The molecule has 22 heavy (non-hydrogen) atoms. The molecule has 0 aromatic heterocycles. The van der Waals surface area contributed by atoms with Gasteiger partial charge in [0, 0.05) is 23.2 Å². The average Bonchev–Trinajstić information content (AvgIpc) is 2.55. The molecular weight excluding hydrogens is 342 g/mol. The molecule has 0 aliphatic carbocycles. The van der Waals surface area contributed by atoms with Gasteiger partial charge in [-0.3, -0.25) is 4.79 Å². The first-order valence-electron chi connectivity index (χ1n) is 7.37. The molecule has 2 aromatic rings. The van der Waals surface area contributed by atoms with Gasteiger partial charge in [0.2, 0.25) is 0 Å². The molecule has 0 radical (unpaired) electrons. The van der Waals surface area contributed by atoms with Crippen molar-refractivity contribution in [1.82, 2.24) is 5.32 Å². The van der Waals surface area contributed by atoms with Gasteiger partial charge < -0.3 is 10.1 Å². The Balaban J connectivity index is 1.66. The van der Waals surface area contributed by atoms with Gasteiger partial charge in [-0.2, -0.15) is 0 Å². The van der Waals surface area contributed by atoms with Crippen LogP contribution in [0.1, 0.15) is 35.4 Å². The zero-order chi connectivity index (χ0) is 15.8. The molecule has 0 fully saturated rings. The first-order valence-corrected chi connectivity index (χ1v) is 8.16. The summed E-state index contributed by atoms with van der Waals surface area (Å²) < 4.78 is 6.68. The molecule has 0 aliphatic rings. The minimum Gasteiger partial charge on any atom is -0.374 e. The van der Waals surface area contributed by atoms with Crippen molar-refractivity contribution in [3.05, 3.63) is 70.2 Å². The van der Waals surface area contributed by atoms with Crippen LogP contribution in [0, 0.1) is 0 Å². The summed E-state index contributed by atoms with van der Waals surface area (Å²) in [5, 5.41) is 2.90. The summed E-state index contributed by atoms with van der Waals surface area (Å²) in [5.41, 5.74) is 1.83. The van der Waals surface area contributed by atoms with Gasteiger partial charge in [0.15, 0.2) is 0 Å². The Kier molecular flexibility index (Phi) is 6.62. The molecule has 2 aromatic carbocycles. The number of rotatable bonds is 7. The smallest absolute Gasteiger partial charge is 0.251 e. The Hall–Kier alpha value is -1.65. The minimum atomic E-state index is -0.0580. The van der Waals surface area contributed by atoms with Crippen molar-refractivity contribution in [2.45, 2.75) is 19.4 Å². The lowest BCUT2D eigenvalue weighted by Gasteiger charge is -2.13. The van der Waals surface area contributed by atoms with Crippen molar-refractivity contribution in [3.63, 3.8) is 0 Å². The normalized spacial score (nSPS) is 11.9. The SMILES string of the molecule is CC(OCCCNC(=O)c1cccc(Br)c1)c1ccccc1. The molecule has 0 spiro atoms. The van der Waals surface area contributed by atoms with Crippen LogP contribution < -0.4 is 5.32 Å². The number of carbonyl (C=O) groups is 1. The molecule has 0 heterocycles. The topological polar surface area (TPSA) is 38.3 Å². The summed E-state index contributed by atoms with van der Waals surface area (Å²) >= 11 is 3.36. The quantitative estimate of drug-likeness (QED) is 0.744. The van der Waals surface area contributed by atoms with Gasteiger partial charge >= 0.3 is 0 Å². The summed E-state index contributed by atoms with van der Waals surface area (Å²) in [5.74, 6) is -0.0580. The van der Waals surface area contributed by atoms with Crippen LogP contribution in [0.25, 0.3) is 0 Å². The molecule has 1 N–H and O–H groups in total. The molecule has 116 valence electrons. The van der Waals surface area contributed by atoms with Crippen molar-refractivity contribution in [2.75, 3.05) is 13.2 Å². The fraction of sp³-hybridized carbons (Fsp3) is 0.278. The maximum atomic E-state index is 11.9. The highest BCUT2D eigenvalue weighted by Gasteiger charge is 2.06. The number of nitrogens with one attached hydrogen (secondary N) is 1. The Morgan fingerprint density at radius 1 is 1.18 bits per heavy atom. The Labute approximate surface area is 139 Å². The van der Waals surface area contributed by atoms with E-state index in [2.05, 4.69) is 33.4 Å². The second-order valence-corrected chi connectivity index (χ2v) is 5.96. The number of ether oxygens (including phenoxy) is 1. The van der Waals surface area contributed by atoms with E-state index in [0.29, 0.717) is 18.7 Å². The standard InChI is InChI=1S/C18H20BrNO2/c1-14(15-7-3-2-4-8-15)22-12-6-11-20-18(21)16-9-5-10-17(19)13-16/h2-5,7-10,13-14H,6,11-12H2,1H3,(H,20,21). The lowest BCUT2D eigenvalue weighted by molar-refractivity contribution is 0.0635. The number of carbonyl (C=O) groups excluding carboxylic acids is 1. The molecule has 1 atom stereocenters. The monoisotopic (exact) mass is 361 g/mol. The summed E-state index contributed by atoms with van der Waals surface area (Å²) in [6.07, 6.45) is 0.860. The van der Waals surface area contributed by atoms with Crippen molar-refractivity contribution in [2.24, 2.45) is 0 Å². The minimum absolute atomic E-state index is 0.0580. The second-order valence-electron chi connectivity index (χ2n) is 5.04. The summed E-state index contributed by atoms with van der Waals surface area (Å²) in [4.78, 5) is 11.9. The number of halogens is 1. The van der Waals surface area contributed by atoms with E-state index in [0.717, 1.165) is 10.9 Å². The third-order valence-corrected chi connectivity index (χ3v) is 3.82. The summed E-state index contributed by atoms with van der Waals surface area (Å²) in [7, 11) is 0.